The first-order chi connectivity index (χ1) is 12.1. The molecule has 0 saturated carbocycles. The summed E-state index contributed by atoms with van der Waals surface area (Å²) in [6, 6.07) is 6.97. The van der Waals surface area contributed by atoms with Gasteiger partial charge in [0.25, 0.3) is 5.91 Å². The molecule has 3 rings (SSSR count). The lowest BCUT2D eigenvalue weighted by atomic mass is 10.0. The zero-order chi connectivity index (χ0) is 17.8. The van der Waals surface area contributed by atoms with Gasteiger partial charge in [-0.05, 0) is 38.3 Å². The van der Waals surface area contributed by atoms with E-state index in [1.165, 1.54) is 12.5 Å². The van der Waals surface area contributed by atoms with Crippen LogP contribution in [0.3, 0.4) is 0 Å². The maximum atomic E-state index is 12.5. The first-order valence-electron chi connectivity index (χ1n) is 9.15. The first kappa shape index (κ1) is 17.7. The predicted octanol–water partition coefficient (Wildman–Crippen LogP) is 1.55. The fourth-order valence-electron chi connectivity index (χ4n) is 3.68. The third kappa shape index (κ3) is 4.12. The zero-order valence-electron chi connectivity index (χ0n) is 14.9. The number of carbonyl (C=O) groups excluding carboxylic acids is 2. The number of phenols is 1. The standard InChI is InChI=1S/C19H27N3O3/c1-15-6-4-5-9-22(15)18(24)14-20-10-12-21(13-11-20)19(25)16-7-2-3-8-17(16)23/h2-3,7-8,15,23H,4-6,9-14H2,1H3. The molecule has 2 fully saturated rings. The number of piperidine rings is 1. The van der Waals surface area contributed by atoms with Crippen molar-refractivity contribution in [2.45, 2.75) is 32.2 Å². The largest absolute Gasteiger partial charge is 0.507 e. The van der Waals surface area contributed by atoms with E-state index in [-0.39, 0.29) is 17.6 Å². The summed E-state index contributed by atoms with van der Waals surface area (Å²) < 4.78 is 0. The number of likely N-dealkylation sites (tertiary alicyclic amines) is 1. The molecule has 0 aromatic heterocycles. The van der Waals surface area contributed by atoms with Crippen molar-refractivity contribution in [3.8, 4) is 5.75 Å². The molecule has 0 aliphatic carbocycles. The van der Waals surface area contributed by atoms with Gasteiger partial charge in [-0.25, -0.2) is 0 Å². The molecule has 6 heteroatoms. The summed E-state index contributed by atoms with van der Waals surface area (Å²) in [6.07, 6.45) is 3.39. The van der Waals surface area contributed by atoms with Crippen LogP contribution in [0.15, 0.2) is 24.3 Å². The molecule has 6 nitrogen and oxygen atoms in total. The van der Waals surface area contributed by atoms with Gasteiger partial charge in [-0.1, -0.05) is 12.1 Å². The molecule has 25 heavy (non-hydrogen) atoms. The van der Waals surface area contributed by atoms with Crippen molar-refractivity contribution in [3.05, 3.63) is 29.8 Å². The zero-order valence-corrected chi connectivity index (χ0v) is 14.9. The molecule has 1 atom stereocenters. The molecule has 2 heterocycles. The minimum absolute atomic E-state index is 0.0178. The van der Waals surface area contributed by atoms with Crippen LogP contribution in [-0.4, -0.2) is 76.9 Å². The molecule has 2 amide bonds. The van der Waals surface area contributed by atoms with Crippen molar-refractivity contribution in [1.82, 2.24) is 14.7 Å². The summed E-state index contributed by atoms with van der Waals surface area (Å²) in [5.74, 6) is 0.0746. The number of carbonyl (C=O) groups is 2. The Bertz CT molecular complexity index is 626. The van der Waals surface area contributed by atoms with E-state index in [0.29, 0.717) is 44.3 Å². The minimum Gasteiger partial charge on any atom is -0.507 e. The maximum Gasteiger partial charge on any atom is 0.257 e. The third-order valence-corrected chi connectivity index (χ3v) is 5.28. The lowest BCUT2D eigenvalue weighted by Gasteiger charge is -2.38. The maximum absolute atomic E-state index is 12.5. The second kappa shape index (κ2) is 7.87. The fraction of sp³-hybridized carbons (Fsp3) is 0.579. The number of nitrogens with zero attached hydrogens (tertiary/aromatic N) is 3. The fourth-order valence-corrected chi connectivity index (χ4v) is 3.68. The lowest BCUT2D eigenvalue weighted by Crippen LogP contribution is -2.53. The molecule has 2 saturated heterocycles. The van der Waals surface area contributed by atoms with Gasteiger partial charge in [0.2, 0.25) is 5.91 Å². The van der Waals surface area contributed by atoms with E-state index in [1.54, 1.807) is 23.1 Å². The van der Waals surface area contributed by atoms with Gasteiger partial charge in [-0.3, -0.25) is 14.5 Å². The van der Waals surface area contributed by atoms with E-state index < -0.39 is 0 Å². The number of phenolic OH excluding ortho intramolecular Hbond substituents is 1. The summed E-state index contributed by atoms with van der Waals surface area (Å²) >= 11 is 0. The molecule has 1 aromatic carbocycles. The van der Waals surface area contributed by atoms with Crippen LogP contribution >= 0.6 is 0 Å². The van der Waals surface area contributed by atoms with Crippen molar-refractivity contribution in [2.24, 2.45) is 0 Å². The molecule has 2 aliphatic rings. The normalized spacial score (nSPS) is 22.0. The Morgan fingerprint density at radius 1 is 1.08 bits per heavy atom. The van der Waals surface area contributed by atoms with Crippen LogP contribution in [-0.2, 0) is 4.79 Å². The van der Waals surface area contributed by atoms with Crippen LogP contribution in [0.1, 0.15) is 36.5 Å². The molecule has 1 unspecified atom stereocenters. The molecule has 136 valence electrons. The Hall–Kier alpha value is -2.08. The van der Waals surface area contributed by atoms with E-state index in [1.807, 2.05) is 4.90 Å². The summed E-state index contributed by atoms with van der Waals surface area (Å²) in [7, 11) is 0. The van der Waals surface area contributed by atoms with Crippen LogP contribution in [0, 0.1) is 0 Å². The average molecular weight is 345 g/mol. The summed E-state index contributed by atoms with van der Waals surface area (Å²) in [6.45, 7) is 5.96. The Morgan fingerprint density at radius 3 is 2.48 bits per heavy atom. The first-order valence-corrected chi connectivity index (χ1v) is 9.15. The number of aromatic hydroxyl groups is 1. The number of amides is 2. The SMILES string of the molecule is CC1CCCCN1C(=O)CN1CCN(C(=O)c2ccccc2O)CC1. The second-order valence-electron chi connectivity index (χ2n) is 7.02. The molecule has 0 bridgehead atoms. The Balaban J connectivity index is 1.51. The van der Waals surface area contributed by atoms with Crippen LogP contribution in [0.4, 0.5) is 0 Å². The van der Waals surface area contributed by atoms with E-state index in [4.69, 9.17) is 0 Å². The van der Waals surface area contributed by atoms with Crippen molar-refractivity contribution >= 4 is 11.8 Å². The van der Waals surface area contributed by atoms with Crippen molar-refractivity contribution in [1.29, 1.82) is 0 Å². The predicted molar refractivity (Wildman–Crippen MR) is 95.5 cm³/mol. The van der Waals surface area contributed by atoms with Crippen molar-refractivity contribution in [3.63, 3.8) is 0 Å². The van der Waals surface area contributed by atoms with Crippen LogP contribution in [0.2, 0.25) is 0 Å². The second-order valence-corrected chi connectivity index (χ2v) is 7.02. The van der Waals surface area contributed by atoms with Gasteiger partial charge >= 0.3 is 0 Å². The average Bonchev–Trinajstić information content (AvgIpc) is 2.62. The highest BCUT2D eigenvalue weighted by Crippen LogP contribution is 2.19. The van der Waals surface area contributed by atoms with Gasteiger partial charge in [0.05, 0.1) is 12.1 Å². The topological polar surface area (TPSA) is 64.1 Å². The Labute approximate surface area is 149 Å². The summed E-state index contributed by atoms with van der Waals surface area (Å²) in [5.41, 5.74) is 0.342. The lowest BCUT2D eigenvalue weighted by molar-refractivity contribution is -0.136. The summed E-state index contributed by atoms with van der Waals surface area (Å²) in [4.78, 5) is 30.9. The van der Waals surface area contributed by atoms with Gasteiger partial charge in [0.1, 0.15) is 5.75 Å². The molecular weight excluding hydrogens is 318 g/mol. The van der Waals surface area contributed by atoms with Crippen LogP contribution < -0.4 is 0 Å². The number of benzene rings is 1. The highest BCUT2D eigenvalue weighted by atomic mass is 16.3. The van der Waals surface area contributed by atoms with Gasteiger partial charge in [-0.2, -0.15) is 0 Å². The van der Waals surface area contributed by atoms with Gasteiger partial charge in [0.15, 0.2) is 0 Å². The monoisotopic (exact) mass is 345 g/mol. The van der Waals surface area contributed by atoms with Gasteiger partial charge in [-0.15, -0.1) is 0 Å². The molecular formula is C19H27N3O3. The number of hydrogen-bond donors (Lipinski definition) is 1. The van der Waals surface area contributed by atoms with Gasteiger partial charge < -0.3 is 14.9 Å². The number of hydrogen-bond acceptors (Lipinski definition) is 4. The summed E-state index contributed by atoms with van der Waals surface area (Å²) in [5, 5.41) is 9.84. The van der Waals surface area contributed by atoms with Gasteiger partial charge in [0, 0.05) is 38.8 Å². The molecule has 0 radical (unpaired) electrons. The quantitative estimate of drug-likeness (QED) is 0.903. The molecule has 1 aromatic rings. The number of piperazine rings is 1. The Kier molecular flexibility index (Phi) is 5.58. The number of rotatable bonds is 3. The van der Waals surface area contributed by atoms with Crippen molar-refractivity contribution in [2.75, 3.05) is 39.3 Å². The highest BCUT2D eigenvalue weighted by molar-refractivity contribution is 5.96. The Morgan fingerprint density at radius 2 is 1.80 bits per heavy atom. The van der Waals surface area contributed by atoms with E-state index in [0.717, 1.165) is 19.4 Å². The van der Waals surface area contributed by atoms with E-state index in [9.17, 15) is 14.7 Å². The number of para-hydroxylation sites is 1. The van der Waals surface area contributed by atoms with E-state index >= 15 is 0 Å². The minimum atomic E-state index is -0.145. The molecule has 1 N–H and O–H groups in total. The van der Waals surface area contributed by atoms with Crippen molar-refractivity contribution < 1.29 is 14.7 Å². The molecule has 2 aliphatic heterocycles. The smallest absolute Gasteiger partial charge is 0.257 e. The van der Waals surface area contributed by atoms with E-state index in [2.05, 4.69) is 11.8 Å². The third-order valence-electron chi connectivity index (χ3n) is 5.28. The highest BCUT2D eigenvalue weighted by Gasteiger charge is 2.28. The molecule has 0 spiro atoms. The van der Waals surface area contributed by atoms with Crippen LogP contribution in [0.5, 0.6) is 5.75 Å². The van der Waals surface area contributed by atoms with Crippen LogP contribution in [0.25, 0.3) is 0 Å².